The standard InChI is InChI=1S/C17H20BrClN2/c1-2-17(12-20,11-13-6-4-3-5-7-13)21-14-8-9-16(19)15(18)10-14/h3-10,21H,2,11-12,20H2,1H3. The second-order valence-electron chi connectivity index (χ2n) is 5.25. The van der Waals surface area contributed by atoms with Crippen LogP contribution in [0.5, 0.6) is 0 Å². The van der Waals surface area contributed by atoms with Gasteiger partial charge in [0.25, 0.3) is 0 Å². The van der Waals surface area contributed by atoms with Crippen molar-refractivity contribution in [3.05, 3.63) is 63.6 Å². The Kier molecular flexibility index (Phi) is 5.68. The third-order valence-electron chi connectivity index (χ3n) is 3.78. The highest BCUT2D eigenvalue weighted by Crippen LogP contribution is 2.29. The van der Waals surface area contributed by atoms with Gasteiger partial charge in [0.2, 0.25) is 0 Å². The topological polar surface area (TPSA) is 38.0 Å². The van der Waals surface area contributed by atoms with E-state index in [1.165, 1.54) is 5.56 Å². The smallest absolute Gasteiger partial charge is 0.0549 e. The Morgan fingerprint density at radius 1 is 1.19 bits per heavy atom. The number of halogens is 2. The minimum Gasteiger partial charge on any atom is -0.378 e. The zero-order valence-corrected chi connectivity index (χ0v) is 14.4. The molecule has 1 atom stereocenters. The van der Waals surface area contributed by atoms with Gasteiger partial charge in [0.15, 0.2) is 0 Å². The summed E-state index contributed by atoms with van der Waals surface area (Å²) in [7, 11) is 0. The third kappa shape index (κ3) is 4.22. The fourth-order valence-electron chi connectivity index (χ4n) is 2.39. The largest absolute Gasteiger partial charge is 0.378 e. The number of benzene rings is 2. The first-order valence-electron chi connectivity index (χ1n) is 7.06. The molecule has 2 rings (SSSR count). The Balaban J connectivity index is 2.23. The van der Waals surface area contributed by atoms with E-state index in [1.807, 2.05) is 24.3 Å². The first-order valence-corrected chi connectivity index (χ1v) is 8.23. The molecule has 1 unspecified atom stereocenters. The van der Waals surface area contributed by atoms with Crippen molar-refractivity contribution < 1.29 is 0 Å². The maximum absolute atomic E-state index is 6.08. The summed E-state index contributed by atoms with van der Waals surface area (Å²) < 4.78 is 0.885. The minimum absolute atomic E-state index is 0.158. The van der Waals surface area contributed by atoms with Crippen LogP contribution >= 0.6 is 27.5 Å². The fraction of sp³-hybridized carbons (Fsp3) is 0.294. The van der Waals surface area contributed by atoms with Gasteiger partial charge >= 0.3 is 0 Å². The Morgan fingerprint density at radius 2 is 1.90 bits per heavy atom. The highest BCUT2D eigenvalue weighted by molar-refractivity contribution is 9.10. The Hall–Kier alpha value is -1.03. The van der Waals surface area contributed by atoms with Gasteiger partial charge in [-0.25, -0.2) is 0 Å². The molecule has 112 valence electrons. The monoisotopic (exact) mass is 366 g/mol. The second-order valence-corrected chi connectivity index (χ2v) is 6.52. The molecule has 0 spiro atoms. The number of rotatable bonds is 6. The van der Waals surface area contributed by atoms with Gasteiger partial charge in [0, 0.05) is 16.7 Å². The van der Waals surface area contributed by atoms with E-state index >= 15 is 0 Å². The highest BCUT2D eigenvalue weighted by atomic mass is 79.9. The van der Waals surface area contributed by atoms with E-state index < -0.39 is 0 Å². The average molecular weight is 368 g/mol. The normalized spacial score (nSPS) is 13.7. The molecule has 0 heterocycles. The molecular weight excluding hydrogens is 348 g/mol. The molecule has 0 amide bonds. The van der Waals surface area contributed by atoms with Gasteiger partial charge in [-0.1, -0.05) is 48.9 Å². The molecule has 0 radical (unpaired) electrons. The Labute approximate surface area is 139 Å². The lowest BCUT2D eigenvalue weighted by atomic mass is 9.88. The van der Waals surface area contributed by atoms with Crippen LogP contribution in [0.4, 0.5) is 5.69 Å². The van der Waals surface area contributed by atoms with Crippen molar-refractivity contribution in [2.75, 3.05) is 11.9 Å². The molecule has 0 saturated heterocycles. The van der Waals surface area contributed by atoms with Gasteiger partial charge in [-0.2, -0.15) is 0 Å². The van der Waals surface area contributed by atoms with Crippen LogP contribution in [0.3, 0.4) is 0 Å². The van der Waals surface area contributed by atoms with E-state index in [1.54, 1.807) is 0 Å². The maximum atomic E-state index is 6.08. The molecule has 2 aromatic carbocycles. The van der Waals surface area contributed by atoms with Crippen molar-refractivity contribution in [3.8, 4) is 0 Å². The first kappa shape index (κ1) is 16.3. The summed E-state index contributed by atoms with van der Waals surface area (Å²) in [6.07, 6.45) is 1.83. The van der Waals surface area contributed by atoms with Crippen molar-refractivity contribution in [1.82, 2.24) is 0 Å². The zero-order valence-electron chi connectivity index (χ0n) is 12.1. The predicted molar refractivity (Wildman–Crippen MR) is 95.0 cm³/mol. The van der Waals surface area contributed by atoms with Crippen molar-refractivity contribution in [1.29, 1.82) is 0 Å². The van der Waals surface area contributed by atoms with Gasteiger partial charge in [-0.05, 0) is 52.5 Å². The molecule has 0 bridgehead atoms. The average Bonchev–Trinajstić information content (AvgIpc) is 2.51. The summed E-state index contributed by atoms with van der Waals surface area (Å²) in [5.74, 6) is 0. The molecule has 0 aromatic heterocycles. The summed E-state index contributed by atoms with van der Waals surface area (Å²) in [4.78, 5) is 0. The Morgan fingerprint density at radius 3 is 2.48 bits per heavy atom. The minimum atomic E-state index is -0.158. The van der Waals surface area contributed by atoms with Crippen molar-refractivity contribution >= 4 is 33.2 Å². The van der Waals surface area contributed by atoms with Crippen LogP contribution in [-0.2, 0) is 6.42 Å². The molecule has 4 heteroatoms. The van der Waals surface area contributed by atoms with Crippen LogP contribution in [0.15, 0.2) is 53.0 Å². The molecule has 3 N–H and O–H groups in total. The quantitative estimate of drug-likeness (QED) is 0.765. The van der Waals surface area contributed by atoms with Crippen LogP contribution in [-0.4, -0.2) is 12.1 Å². The molecule has 21 heavy (non-hydrogen) atoms. The van der Waals surface area contributed by atoms with Crippen molar-refractivity contribution in [3.63, 3.8) is 0 Å². The number of nitrogens with one attached hydrogen (secondary N) is 1. The van der Waals surface area contributed by atoms with E-state index in [0.29, 0.717) is 11.6 Å². The van der Waals surface area contributed by atoms with Crippen LogP contribution in [0, 0.1) is 0 Å². The van der Waals surface area contributed by atoms with E-state index in [-0.39, 0.29) is 5.54 Å². The van der Waals surface area contributed by atoms with Crippen LogP contribution in [0.2, 0.25) is 5.02 Å². The van der Waals surface area contributed by atoms with Gasteiger partial charge < -0.3 is 11.1 Å². The van der Waals surface area contributed by atoms with E-state index in [2.05, 4.69) is 52.4 Å². The van der Waals surface area contributed by atoms with E-state index in [9.17, 15) is 0 Å². The SMILES string of the molecule is CCC(CN)(Cc1ccccc1)Nc1ccc(Cl)c(Br)c1. The van der Waals surface area contributed by atoms with Crippen LogP contribution in [0.25, 0.3) is 0 Å². The summed E-state index contributed by atoms with van der Waals surface area (Å²) in [5, 5.41) is 4.30. The number of nitrogens with two attached hydrogens (primary N) is 1. The lowest BCUT2D eigenvalue weighted by Gasteiger charge is -2.34. The fourth-order valence-corrected chi connectivity index (χ4v) is 2.89. The molecule has 0 aliphatic rings. The molecular formula is C17H20BrClN2. The lowest BCUT2D eigenvalue weighted by molar-refractivity contribution is 0.457. The van der Waals surface area contributed by atoms with Gasteiger partial charge in [-0.15, -0.1) is 0 Å². The highest BCUT2D eigenvalue weighted by Gasteiger charge is 2.26. The molecule has 0 saturated carbocycles. The first-order chi connectivity index (χ1) is 10.1. The summed E-state index contributed by atoms with van der Waals surface area (Å²) in [5.41, 5.74) is 8.23. The van der Waals surface area contributed by atoms with E-state index in [4.69, 9.17) is 17.3 Å². The second kappa shape index (κ2) is 7.30. The van der Waals surface area contributed by atoms with Crippen LogP contribution < -0.4 is 11.1 Å². The summed E-state index contributed by atoms with van der Waals surface area (Å²) >= 11 is 9.51. The van der Waals surface area contributed by atoms with Crippen LogP contribution in [0.1, 0.15) is 18.9 Å². The zero-order chi connectivity index (χ0) is 15.3. The van der Waals surface area contributed by atoms with Gasteiger partial charge in [0.05, 0.1) is 10.6 Å². The van der Waals surface area contributed by atoms with Gasteiger partial charge in [0.1, 0.15) is 0 Å². The maximum Gasteiger partial charge on any atom is 0.0549 e. The predicted octanol–water partition coefficient (Wildman–Crippen LogP) is 4.86. The third-order valence-corrected chi connectivity index (χ3v) is 5.00. The summed E-state index contributed by atoms with van der Waals surface area (Å²) in [6, 6.07) is 16.3. The molecule has 2 aromatic rings. The lowest BCUT2D eigenvalue weighted by Crippen LogP contribution is -2.47. The molecule has 0 fully saturated rings. The number of hydrogen-bond acceptors (Lipinski definition) is 2. The molecule has 0 aliphatic carbocycles. The number of hydrogen-bond donors (Lipinski definition) is 2. The molecule has 0 aliphatic heterocycles. The van der Waals surface area contributed by atoms with Crippen molar-refractivity contribution in [2.24, 2.45) is 5.73 Å². The molecule has 2 nitrogen and oxygen atoms in total. The number of anilines is 1. The Bertz CT molecular complexity index is 583. The van der Waals surface area contributed by atoms with Crippen molar-refractivity contribution in [2.45, 2.75) is 25.3 Å². The van der Waals surface area contributed by atoms with E-state index in [0.717, 1.165) is 23.0 Å². The van der Waals surface area contributed by atoms with Gasteiger partial charge in [-0.3, -0.25) is 0 Å². The summed E-state index contributed by atoms with van der Waals surface area (Å²) in [6.45, 7) is 2.73.